The van der Waals surface area contributed by atoms with Crippen molar-refractivity contribution in [1.82, 2.24) is 14.7 Å². The molecule has 0 radical (unpaired) electrons. The van der Waals surface area contributed by atoms with E-state index in [0.29, 0.717) is 0 Å². The number of fused-ring (bicyclic) bond motifs is 1. The molecule has 224 valence electrons. The van der Waals surface area contributed by atoms with Crippen molar-refractivity contribution in [3.8, 4) is 0 Å². The Morgan fingerprint density at radius 1 is 1.05 bits per heavy atom. The number of alkyl halides is 3. The summed E-state index contributed by atoms with van der Waals surface area (Å²) < 4.78 is 46.5. The first-order valence-corrected chi connectivity index (χ1v) is 14.2. The van der Waals surface area contributed by atoms with Gasteiger partial charge in [-0.1, -0.05) is 30.3 Å². The molecule has 7 nitrogen and oxygen atoms in total. The second-order valence-corrected chi connectivity index (χ2v) is 12.1. The molecule has 4 rings (SSSR count). The first-order valence-electron chi connectivity index (χ1n) is 14.2. The van der Waals surface area contributed by atoms with Crippen LogP contribution < -0.4 is 5.32 Å². The van der Waals surface area contributed by atoms with E-state index < -0.39 is 23.4 Å². The number of carbonyl (C=O) groups is 2. The molecule has 2 aliphatic rings. The van der Waals surface area contributed by atoms with E-state index in [9.17, 15) is 22.8 Å². The molecule has 41 heavy (non-hydrogen) atoms. The van der Waals surface area contributed by atoms with Crippen molar-refractivity contribution in [2.24, 2.45) is 5.92 Å². The van der Waals surface area contributed by atoms with Crippen molar-refractivity contribution in [3.63, 3.8) is 0 Å². The van der Waals surface area contributed by atoms with Crippen LogP contribution in [0.3, 0.4) is 0 Å². The van der Waals surface area contributed by atoms with Crippen LogP contribution in [-0.2, 0) is 35.2 Å². The van der Waals surface area contributed by atoms with E-state index in [2.05, 4.69) is 16.3 Å². The summed E-state index contributed by atoms with van der Waals surface area (Å²) in [6.45, 7) is 8.07. The molecule has 1 N–H and O–H groups in total. The molecule has 2 aromatic carbocycles. The third-order valence-corrected chi connectivity index (χ3v) is 7.44. The minimum absolute atomic E-state index is 0.00103. The van der Waals surface area contributed by atoms with Crippen molar-refractivity contribution >= 4 is 17.7 Å². The Kier molecular flexibility index (Phi) is 9.51. The zero-order chi connectivity index (χ0) is 29.8. The second-order valence-electron chi connectivity index (χ2n) is 12.1. The SMILES string of the molecule is CN(CCN(Cc1ccccc1C(F)(F)F)C(=O)CNc1cccc2c1CCN(CC1CC1)C2)C(=O)OC(C)(C)C. The zero-order valence-electron chi connectivity index (χ0n) is 24.4. The third-order valence-electron chi connectivity index (χ3n) is 7.44. The lowest BCUT2D eigenvalue weighted by molar-refractivity contribution is -0.139. The van der Waals surface area contributed by atoms with E-state index in [1.807, 2.05) is 12.1 Å². The standard InChI is InChI=1S/C31H41F3N4O3/c1-30(2,3)41-29(40)36(4)16-17-38(21-24-8-5-6-10-26(24)31(32,33)34)28(39)18-35-27-11-7-9-23-20-37(15-14-25(23)27)19-22-12-13-22/h5-11,22,35H,12-21H2,1-4H3. The molecule has 1 aliphatic carbocycles. The van der Waals surface area contributed by atoms with Crippen molar-refractivity contribution in [2.45, 2.75) is 64.9 Å². The number of carbonyl (C=O) groups excluding carboxylic acids is 2. The molecule has 1 aliphatic heterocycles. The summed E-state index contributed by atoms with van der Waals surface area (Å²) >= 11 is 0. The molecule has 2 aromatic rings. The Balaban J connectivity index is 1.46. The molecule has 10 heteroatoms. The Hall–Kier alpha value is -3.27. The molecule has 1 fully saturated rings. The van der Waals surface area contributed by atoms with Gasteiger partial charge in [-0.15, -0.1) is 0 Å². The number of rotatable bonds is 10. The van der Waals surface area contributed by atoms with Gasteiger partial charge in [-0.2, -0.15) is 13.2 Å². The van der Waals surface area contributed by atoms with E-state index in [1.54, 1.807) is 27.8 Å². The largest absolute Gasteiger partial charge is 0.444 e. The molecule has 0 bridgehead atoms. The number of nitrogens with zero attached hydrogens (tertiary/aromatic N) is 3. The zero-order valence-corrected chi connectivity index (χ0v) is 24.4. The van der Waals surface area contributed by atoms with Crippen LogP contribution in [-0.4, -0.2) is 72.1 Å². The number of benzene rings is 2. The molecule has 0 spiro atoms. The number of ether oxygens (including phenoxy) is 1. The molecule has 0 unspecified atom stereocenters. The van der Waals surface area contributed by atoms with Gasteiger partial charge < -0.3 is 19.9 Å². The number of amides is 2. The quantitative estimate of drug-likeness (QED) is 0.390. The van der Waals surface area contributed by atoms with Crippen LogP contribution >= 0.6 is 0 Å². The molecule has 0 aromatic heterocycles. The predicted octanol–water partition coefficient (Wildman–Crippen LogP) is 5.78. The normalized spacial score (nSPS) is 15.7. The fourth-order valence-corrected chi connectivity index (χ4v) is 5.07. The van der Waals surface area contributed by atoms with Gasteiger partial charge in [-0.05, 0) is 74.8 Å². The van der Waals surface area contributed by atoms with Crippen LogP contribution in [0.25, 0.3) is 0 Å². The Morgan fingerprint density at radius 3 is 2.46 bits per heavy atom. The Bertz CT molecular complexity index is 1220. The molecule has 0 saturated heterocycles. The summed E-state index contributed by atoms with van der Waals surface area (Å²) in [5.74, 6) is 0.460. The third kappa shape index (κ3) is 8.86. The van der Waals surface area contributed by atoms with Gasteiger partial charge in [0.2, 0.25) is 5.91 Å². The smallest absolute Gasteiger partial charge is 0.416 e. The maximum absolute atomic E-state index is 13.7. The molecule has 1 saturated carbocycles. The van der Waals surface area contributed by atoms with Gasteiger partial charge in [0.25, 0.3) is 0 Å². The van der Waals surface area contributed by atoms with Gasteiger partial charge in [0, 0.05) is 52.0 Å². The van der Waals surface area contributed by atoms with Gasteiger partial charge in [0.1, 0.15) is 5.60 Å². The second kappa shape index (κ2) is 12.7. The number of anilines is 1. The number of likely N-dealkylation sites (N-methyl/N-ethyl adjacent to an activating group) is 1. The minimum atomic E-state index is -4.55. The van der Waals surface area contributed by atoms with Crippen LogP contribution in [0.1, 0.15) is 55.9 Å². The van der Waals surface area contributed by atoms with E-state index in [4.69, 9.17) is 4.74 Å². The predicted molar refractivity (Wildman–Crippen MR) is 152 cm³/mol. The molecule has 1 heterocycles. The molecular formula is C31H41F3N4O3. The van der Waals surface area contributed by atoms with E-state index in [-0.39, 0.29) is 37.6 Å². The van der Waals surface area contributed by atoms with Crippen LogP contribution in [0.5, 0.6) is 0 Å². The van der Waals surface area contributed by atoms with Crippen LogP contribution in [0.4, 0.5) is 23.7 Å². The lowest BCUT2D eigenvalue weighted by atomic mass is 9.97. The summed E-state index contributed by atoms with van der Waals surface area (Å²) in [5, 5.41) is 3.26. The number of nitrogens with one attached hydrogen (secondary N) is 1. The maximum atomic E-state index is 13.7. The monoisotopic (exact) mass is 574 g/mol. The fourth-order valence-electron chi connectivity index (χ4n) is 5.07. The van der Waals surface area contributed by atoms with Gasteiger partial charge in [-0.3, -0.25) is 9.69 Å². The lowest BCUT2D eigenvalue weighted by Gasteiger charge is -2.31. The van der Waals surface area contributed by atoms with Gasteiger partial charge in [0.15, 0.2) is 0 Å². The summed E-state index contributed by atoms with van der Waals surface area (Å²) in [5.41, 5.74) is 1.83. The van der Waals surface area contributed by atoms with Crippen LogP contribution in [0.15, 0.2) is 42.5 Å². The molecule has 0 atom stereocenters. The van der Waals surface area contributed by atoms with E-state index >= 15 is 0 Å². The average Bonchev–Trinajstić information content (AvgIpc) is 3.72. The fraction of sp³-hybridized carbons (Fsp3) is 0.548. The van der Waals surface area contributed by atoms with Gasteiger partial charge in [-0.25, -0.2) is 4.79 Å². The highest BCUT2D eigenvalue weighted by atomic mass is 19.4. The van der Waals surface area contributed by atoms with Crippen molar-refractivity contribution in [1.29, 1.82) is 0 Å². The van der Waals surface area contributed by atoms with Crippen LogP contribution in [0.2, 0.25) is 0 Å². The molecule has 2 amide bonds. The van der Waals surface area contributed by atoms with Gasteiger partial charge in [0.05, 0.1) is 12.1 Å². The summed E-state index contributed by atoms with van der Waals surface area (Å²) in [7, 11) is 1.54. The van der Waals surface area contributed by atoms with E-state index in [0.717, 1.165) is 43.7 Å². The number of hydrogen-bond donors (Lipinski definition) is 1. The van der Waals surface area contributed by atoms with Crippen molar-refractivity contribution < 1.29 is 27.5 Å². The maximum Gasteiger partial charge on any atom is 0.416 e. The number of hydrogen-bond acceptors (Lipinski definition) is 5. The molecular weight excluding hydrogens is 533 g/mol. The summed E-state index contributed by atoms with van der Waals surface area (Å²) in [4.78, 5) is 31.1. The number of halogens is 3. The van der Waals surface area contributed by atoms with Crippen LogP contribution in [0, 0.1) is 5.92 Å². The van der Waals surface area contributed by atoms with E-state index in [1.165, 1.54) is 52.0 Å². The highest BCUT2D eigenvalue weighted by molar-refractivity contribution is 5.81. The lowest BCUT2D eigenvalue weighted by Crippen LogP contribution is -2.43. The van der Waals surface area contributed by atoms with Gasteiger partial charge >= 0.3 is 12.3 Å². The highest BCUT2D eigenvalue weighted by Gasteiger charge is 2.34. The Morgan fingerprint density at radius 2 is 1.78 bits per heavy atom. The summed E-state index contributed by atoms with van der Waals surface area (Å²) in [6, 6.07) is 11.3. The Labute approximate surface area is 240 Å². The average molecular weight is 575 g/mol. The summed E-state index contributed by atoms with van der Waals surface area (Å²) in [6.07, 6.45) is -1.61. The van der Waals surface area contributed by atoms with Crippen molar-refractivity contribution in [2.75, 3.05) is 45.1 Å². The highest BCUT2D eigenvalue weighted by Crippen LogP contribution is 2.34. The first kappa shape index (κ1) is 30.7. The first-order chi connectivity index (χ1) is 19.3. The minimum Gasteiger partial charge on any atom is -0.444 e. The van der Waals surface area contributed by atoms with Crippen molar-refractivity contribution in [3.05, 3.63) is 64.7 Å². The topological polar surface area (TPSA) is 65.1 Å².